The van der Waals surface area contributed by atoms with E-state index in [1.54, 1.807) is 0 Å². The lowest BCUT2D eigenvalue weighted by Gasteiger charge is -2.17. The van der Waals surface area contributed by atoms with Gasteiger partial charge in [0.05, 0.1) is 0 Å². The molecule has 144 valence electrons. The van der Waals surface area contributed by atoms with Crippen LogP contribution in [0.4, 0.5) is 0 Å². The number of hydrogen-bond acceptors (Lipinski definition) is 2. The first-order valence-corrected chi connectivity index (χ1v) is 13.9. The quantitative estimate of drug-likeness (QED) is 0.227. The van der Waals surface area contributed by atoms with Crippen LogP contribution in [-0.2, 0) is 9.22 Å². The van der Waals surface area contributed by atoms with E-state index in [4.69, 9.17) is 4.43 Å². The third-order valence-electron chi connectivity index (χ3n) is 4.84. The first kappa shape index (κ1) is 23.7. The van der Waals surface area contributed by atoms with Gasteiger partial charge in [0.15, 0.2) is 0 Å². The number of rotatable bonds is 15. The maximum Gasteiger partial charge on any atom is 0.292 e. The van der Waals surface area contributed by atoms with E-state index < -0.39 is 8.32 Å². The predicted octanol–water partition coefficient (Wildman–Crippen LogP) is 7.34. The van der Waals surface area contributed by atoms with Gasteiger partial charge in [0.25, 0.3) is 5.97 Å². The molecular weight excluding hydrogens is 312 g/mol. The molecule has 0 aromatic heterocycles. The standard InChI is InChI=1S/C21H44O2Si/c1-7-19(2)15-12-10-13-17-20(3)16-11-8-9-14-18-21(22)23-24(4,5)6/h19-20H,7-18H2,1-6H3. The molecule has 2 nitrogen and oxygen atoms in total. The van der Waals surface area contributed by atoms with Crippen molar-refractivity contribution in [2.24, 2.45) is 11.8 Å². The van der Waals surface area contributed by atoms with Crippen LogP contribution < -0.4 is 0 Å². The van der Waals surface area contributed by atoms with Crippen LogP contribution in [0.5, 0.6) is 0 Å². The topological polar surface area (TPSA) is 26.3 Å². The van der Waals surface area contributed by atoms with E-state index >= 15 is 0 Å². The minimum atomic E-state index is -1.69. The summed E-state index contributed by atoms with van der Waals surface area (Å²) in [5.41, 5.74) is 0. The zero-order valence-corrected chi connectivity index (χ0v) is 18.5. The summed E-state index contributed by atoms with van der Waals surface area (Å²) in [5, 5.41) is 0. The highest BCUT2D eigenvalue weighted by atomic mass is 28.4. The van der Waals surface area contributed by atoms with Crippen molar-refractivity contribution in [2.75, 3.05) is 0 Å². The minimum Gasteiger partial charge on any atom is -0.520 e. The van der Waals surface area contributed by atoms with Crippen LogP contribution in [0.3, 0.4) is 0 Å². The largest absolute Gasteiger partial charge is 0.520 e. The van der Waals surface area contributed by atoms with Gasteiger partial charge in [-0.2, -0.15) is 0 Å². The molecule has 0 saturated carbocycles. The van der Waals surface area contributed by atoms with Gasteiger partial charge in [0.2, 0.25) is 8.32 Å². The second kappa shape index (κ2) is 13.9. The van der Waals surface area contributed by atoms with E-state index in [0.29, 0.717) is 6.42 Å². The Balaban J connectivity index is 3.40. The van der Waals surface area contributed by atoms with Crippen LogP contribution in [0.15, 0.2) is 0 Å². The molecule has 0 bridgehead atoms. The maximum atomic E-state index is 11.6. The van der Waals surface area contributed by atoms with E-state index in [9.17, 15) is 4.79 Å². The van der Waals surface area contributed by atoms with E-state index in [1.807, 2.05) is 0 Å². The average Bonchev–Trinajstić information content (AvgIpc) is 2.48. The molecule has 0 aromatic rings. The molecule has 3 heteroatoms. The van der Waals surface area contributed by atoms with Gasteiger partial charge < -0.3 is 4.43 Å². The van der Waals surface area contributed by atoms with Gasteiger partial charge >= 0.3 is 0 Å². The van der Waals surface area contributed by atoms with Crippen molar-refractivity contribution in [3.8, 4) is 0 Å². The summed E-state index contributed by atoms with van der Waals surface area (Å²) < 4.78 is 5.47. The molecule has 0 N–H and O–H groups in total. The molecule has 0 radical (unpaired) electrons. The van der Waals surface area contributed by atoms with Crippen molar-refractivity contribution in [3.63, 3.8) is 0 Å². The third kappa shape index (κ3) is 16.5. The number of carbonyl (C=O) groups excluding carboxylic acids is 1. The Bertz CT molecular complexity index is 309. The second-order valence-electron chi connectivity index (χ2n) is 8.80. The Kier molecular flexibility index (Phi) is 13.7. The molecule has 0 aromatic carbocycles. The van der Waals surface area contributed by atoms with Crippen LogP contribution in [0, 0.1) is 11.8 Å². The molecule has 0 heterocycles. The fourth-order valence-corrected chi connectivity index (χ4v) is 3.80. The molecule has 0 aliphatic carbocycles. The molecule has 0 saturated heterocycles. The fourth-order valence-electron chi connectivity index (χ4n) is 3.02. The molecule has 0 fully saturated rings. The van der Waals surface area contributed by atoms with Crippen LogP contribution >= 0.6 is 0 Å². The van der Waals surface area contributed by atoms with Gasteiger partial charge in [-0.15, -0.1) is 0 Å². The number of hydrogen-bond donors (Lipinski definition) is 0. The van der Waals surface area contributed by atoms with Crippen molar-refractivity contribution >= 4 is 14.3 Å². The molecule has 2 unspecified atom stereocenters. The molecule has 0 rings (SSSR count). The molecular formula is C21H44O2Si. The van der Waals surface area contributed by atoms with Crippen molar-refractivity contribution in [3.05, 3.63) is 0 Å². The first-order chi connectivity index (χ1) is 11.2. The maximum absolute atomic E-state index is 11.6. The van der Waals surface area contributed by atoms with Gasteiger partial charge in [-0.05, 0) is 37.9 Å². The molecule has 0 spiro atoms. The summed E-state index contributed by atoms with van der Waals surface area (Å²) in [6.45, 7) is 13.3. The molecule has 0 aliphatic rings. The van der Waals surface area contributed by atoms with Gasteiger partial charge in [-0.3, -0.25) is 4.79 Å². The summed E-state index contributed by atoms with van der Waals surface area (Å²) >= 11 is 0. The first-order valence-electron chi connectivity index (χ1n) is 10.5. The van der Waals surface area contributed by atoms with E-state index in [-0.39, 0.29) is 5.97 Å². The van der Waals surface area contributed by atoms with E-state index in [2.05, 4.69) is 40.4 Å². The zero-order valence-electron chi connectivity index (χ0n) is 17.5. The van der Waals surface area contributed by atoms with Crippen molar-refractivity contribution < 1.29 is 9.22 Å². The third-order valence-corrected chi connectivity index (χ3v) is 5.68. The monoisotopic (exact) mass is 356 g/mol. The van der Waals surface area contributed by atoms with Crippen LogP contribution in [0.1, 0.15) is 97.8 Å². The van der Waals surface area contributed by atoms with Crippen LogP contribution in [0.25, 0.3) is 0 Å². The Hall–Kier alpha value is -0.313. The minimum absolute atomic E-state index is 0.0138. The lowest BCUT2D eigenvalue weighted by Crippen LogP contribution is -2.28. The Morgan fingerprint density at radius 1 is 0.792 bits per heavy atom. The summed E-state index contributed by atoms with van der Waals surface area (Å²) in [4.78, 5) is 11.6. The number of unbranched alkanes of at least 4 members (excludes halogenated alkanes) is 5. The number of carbonyl (C=O) groups is 1. The summed E-state index contributed by atoms with van der Waals surface area (Å²) in [7, 11) is -1.69. The van der Waals surface area contributed by atoms with Gasteiger partial charge in [0.1, 0.15) is 0 Å². The van der Waals surface area contributed by atoms with Gasteiger partial charge in [-0.1, -0.05) is 85.0 Å². The Morgan fingerprint density at radius 3 is 1.75 bits per heavy atom. The SMILES string of the molecule is CCC(C)CCCCCC(C)CCCCCCC(=O)O[Si](C)(C)C. The average molecular weight is 357 g/mol. The molecule has 0 aliphatic heterocycles. The highest BCUT2D eigenvalue weighted by molar-refractivity contribution is 6.71. The highest BCUT2D eigenvalue weighted by Crippen LogP contribution is 2.19. The van der Waals surface area contributed by atoms with Crippen molar-refractivity contribution in [1.82, 2.24) is 0 Å². The summed E-state index contributed by atoms with van der Waals surface area (Å²) in [5.74, 6) is 1.79. The lowest BCUT2D eigenvalue weighted by molar-refractivity contribution is -0.135. The Labute approximate surface area is 153 Å². The normalized spacial score (nSPS) is 14.4. The second-order valence-corrected chi connectivity index (χ2v) is 13.2. The van der Waals surface area contributed by atoms with Crippen LogP contribution in [0.2, 0.25) is 19.6 Å². The lowest BCUT2D eigenvalue weighted by atomic mass is 9.95. The van der Waals surface area contributed by atoms with E-state index in [0.717, 1.165) is 18.3 Å². The molecule has 24 heavy (non-hydrogen) atoms. The van der Waals surface area contributed by atoms with Crippen molar-refractivity contribution in [2.45, 2.75) is 117 Å². The van der Waals surface area contributed by atoms with Crippen LogP contribution in [-0.4, -0.2) is 14.3 Å². The fraction of sp³-hybridized carbons (Fsp3) is 0.952. The predicted molar refractivity (Wildman–Crippen MR) is 109 cm³/mol. The van der Waals surface area contributed by atoms with Gasteiger partial charge in [0, 0.05) is 6.42 Å². The molecule has 2 atom stereocenters. The van der Waals surface area contributed by atoms with E-state index in [1.165, 1.54) is 64.2 Å². The smallest absolute Gasteiger partial charge is 0.292 e. The summed E-state index contributed by atoms with van der Waals surface area (Å²) in [6, 6.07) is 0. The Morgan fingerprint density at radius 2 is 1.25 bits per heavy atom. The summed E-state index contributed by atoms with van der Waals surface area (Å²) in [6.07, 6.45) is 15.1. The molecule has 0 amide bonds. The van der Waals surface area contributed by atoms with Crippen molar-refractivity contribution in [1.29, 1.82) is 0 Å². The van der Waals surface area contributed by atoms with Gasteiger partial charge in [-0.25, -0.2) is 0 Å². The zero-order chi connectivity index (χ0) is 18.4. The highest BCUT2D eigenvalue weighted by Gasteiger charge is 2.19.